The summed E-state index contributed by atoms with van der Waals surface area (Å²) in [4.78, 5) is 0.175. The van der Waals surface area contributed by atoms with Gasteiger partial charge in [-0.1, -0.05) is 15.9 Å². The van der Waals surface area contributed by atoms with E-state index in [0.717, 1.165) is 15.6 Å². The number of sulfonamides is 1. The molecule has 0 fully saturated rings. The minimum atomic E-state index is -3.68. The predicted octanol–water partition coefficient (Wildman–Crippen LogP) is 4.21. The highest BCUT2D eigenvalue weighted by molar-refractivity contribution is 9.11. The fourth-order valence-electron chi connectivity index (χ4n) is 1.78. The van der Waals surface area contributed by atoms with Crippen LogP contribution in [0.2, 0.25) is 0 Å². The molecule has 112 valence electrons. The van der Waals surface area contributed by atoms with Gasteiger partial charge in [0.05, 0.1) is 0 Å². The minimum absolute atomic E-state index is 0.175. The van der Waals surface area contributed by atoms with Crippen molar-refractivity contribution in [1.29, 1.82) is 0 Å². The van der Waals surface area contributed by atoms with Gasteiger partial charge in [-0.2, -0.15) is 0 Å². The van der Waals surface area contributed by atoms with Gasteiger partial charge in [0, 0.05) is 20.3 Å². The molecule has 0 aliphatic rings. The van der Waals surface area contributed by atoms with E-state index in [9.17, 15) is 8.42 Å². The van der Waals surface area contributed by atoms with Crippen LogP contribution in [0.25, 0.3) is 0 Å². The van der Waals surface area contributed by atoms with E-state index in [2.05, 4.69) is 36.6 Å². The second kappa shape index (κ2) is 5.98. The number of halogens is 2. The van der Waals surface area contributed by atoms with E-state index in [4.69, 9.17) is 5.73 Å². The maximum atomic E-state index is 12.5. The first-order valence-electron chi connectivity index (χ1n) is 6.05. The average Bonchev–Trinajstić information content (AvgIpc) is 2.37. The zero-order chi connectivity index (χ0) is 15.8. The molecule has 0 atom stereocenters. The topological polar surface area (TPSA) is 72.2 Å². The summed E-state index contributed by atoms with van der Waals surface area (Å²) in [6.45, 7) is 3.72. The van der Waals surface area contributed by atoms with Crippen LogP contribution in [-0.2, 0) is 10.0 Å². The maximum absolute atomic E-state index is 12.5. The van der Waals surface area contributed by atoms with Gasteiger partial charge in [0.25, 0.3) is 10.0 Å². The lowest BCUT2D eigenvalue weighted by atomic mass is 10.2. The van der Waals surface area contributed by atoms with E-state index in [1.165, 1.54) is 0 Å². The quantitative estimate of drug-likeness (QED) is 0.712. The SMILES string of the molecule is Cc1cc(NS(=O)(=O)c2cc(Br)c(C)cc2Br)ccc1N. The van der Waals surface area contributed by atoms with E-state index < -0.39 is 10.0 Å². The van der Waals surface area contributed by atoms with Crippen LogP contribution in [0.3, 0.4) is 0 Å². The van der Waals surface area contributed by atoms with Gasteiger partial charge in [-0.3, -0.25) is 4.72 Å². The maximum Gasteiger partial charge on any atom is 0.263 e. The lowest BCUT2D eigenvalue weighted by molar-refractivity contribution is 0.600. The van der Waals surface area contributed by atoms with E-state index >= 15 is 0 Å². The number of rotatable bonds is 3. The van der Waals surface area contributed by atoms with Crippen LogP contribution in [0.4, 0.5) is 11.4 Å². The number of hydrogen-bond acceptors (Lipinski definition) is 3. The summed E-state index contributed by atoms with van der Waals surface area (Å²) < 4.78 is 28.8. The van der Waals surface area contributed by atoms with Crippen molar-refractivity contribution in [2.24, 2.45) is 0 Å². The molecule has 0 saturated heterocycles. The Hall–Kier alpha value is -1.05. The molecule has 0 unspecified atom stereocenters. The molecule has 4 nitrogen and oxygen atoms in total. The normalized spacial score (nSPS) is 11.4. The molecule has 0 aliphatic heterocycles. The number of aryl methyl sites for hydroxylation is 2. The summed E-state index contributed by atoms with van der Waals surface area (Å²) in [5, 5.41) is 0. The zero-order valence-corrected chi connectivity index (χ0v) is 15.4. The Bertz CT molecular complexity index is 805. The minimum Gasteiger partial charge on any atom is -0.399 e. The predicted molar refractivity (Wildman–Crippen MR) is 93.0 cm³/mol. The molecule has 0 heterocycles. The van der Waals surface area contributed by atoms with Crippen LogP contribution in [0, 0.1) is 13.8 Å². The van der Waals surface area contributed by atoms with Gasteiger partial charge in [-0.05, 0) is 71.2 Å². The fourth-order valence-corrected chi connectivity index (χ4v) is 4.51. The van der Waals surface area contributed by atoms with Crippen LogP contribution >= 0.6 is 31.9 Å². The Balaban J connectivity index is 2.43. The second-order valence-corrected chi connectivity index (χ2v) is 8.07. The summed E-state index contributed by atoms with van der Waals surface area (Å²) in [5.74, 6) is 0. The molecular weight excluding hydrogens is 420 g/mol. The lowest BCUT2D eigenvalue weighted by Crippen LogP contribution is -2.14. The highest BCUT2D eigenvalue weighted by Gasteiger charge is 2.19. The smallest absolute Gasteiger partial charge is 0.263 e. The monoisotopic (exact) mass is 432 g/mol. The van der Waals surface area contributed by atoms with Gasteiger partial charge in [0.2, 0.25) is 0 Å². The summed E-state index contributed by atoms with van der Waals surface area (Å²) in [7, 11) is -3.68. The molecule has 0 saturated carbocycles. The first-order valence-corrected chi connectivity index (χ1v) is 9.12. The second-order valence-electron chi connectivity index (χ2n) is 4.71. The highest BCUT2D eigenvalue weighted by Crippen LogP contribution is 2.30. The molecule has 0 aliphatic carbocycles. The Morgan fingerprint density at radius 3 is 2.29 bits per heavy atom. The van der Waals surface area contributed by atoms with Gasteiger partial charge in [-0.25, -0.2) is 8.42 Å². The molecule has 21 heavy (non-hydrogen) atoms. The molecule has 0 radical (unpaired) electrons. The molecule has 7 heteroatoms. The largest absolute Gasteiger partial charge is 0.399 e. The summed E-state index contributed by atoms with van der Waals surface area (Å²) >= 11 is 6.65. The van der Waals surface area contributed by atoms with E-state index in [1.54, 1.807) is 30.3 Å². The van der Waals surface area contributed by atoms with Gasteiger partial charge >= 0.3 is 0 Å². The first-order chi connectivity index (χ1) is 9.70. The first kappa shape index (κ1) is 16.3. The van der Waals surface area contributed by atoms with Crippen molar-refractivity contribution in [1.82, 2.24) is 0 Å². The van der Waals surface area contributed by atoms with Crippen molar-refractivity contribution in [2.75, 3.05) is 10.5 Å². The van der Waals surface area contributed by atoms with Crippen LogP contribution < -0.4 is 10.5 Å². The van der Waals surface area contributed by atoms with Gasteiger partial charge < -0.3 is 5.73 Å². The van der Waals surface area contributed by atoms with E-state index in [-0.39, 0.29) is 4.90 Å². The van der Waals surface area contributed by atoms with Crippen LogP contribution in [0.15, 0.2) is 44.2 Å². The Morgan fingerprint density at radius 1 is 1.00 bits per heavy atom. The summed E-state index contributed by atoms with van der Waals surface area (Å²) in [6.07, 6.45) is 0. The molecule has 0 spiro atoms. The van der Waals surface area contributed by atoms with Crippen LogP contribution in [0.1, 0.15) is 11.1 Å². The molecule has 2 aromatic rings. The van der Waals surface area contributed by atoms with Crippen molar-refractivity contribution in [3.8, 4) is 0 Å². The number of anilines is 2. The van der Waals surface area contributed by atoms with Gasteiger partial charge in [-0.15, -0.1) is 0 Å². The third kappa shape index (κ3) is 3.59. The molecule has 0 amide bonds. The Kier molecular flexibility index (Phi) is 4.65. The van der Waals surface area contributed by atoms with Crippen LogP contribution in [-0.4, -0.2) is 8.42 Å². The molecule has 0 aromatic heterocycles. The highest BCUT2D eigenvalue weighted by atomic mass is 79.9. The van der Waals surface area contributed by atoms with E-state index in [1.807, 2.05) is 13.8 Å². The average molecular weight is 434 g/mol. The summed E-state index contributed by atoms with van der Waals surface area (Å²) in [5.41, 5.74) is 8.60. The number of benzene rings is 2. The van der Waals surface area contributed by atoms with Crippen molar-refractivity contribution >= 4 is 53.3 Å². The standard InChI is InChI=1S/C14H14Br2N2O2S/c1-8-6-12(16)14(7-11(8)15)21(19,20)18-10-3-4-13(17)9(2)5-10/h3-7,18H,17H2,1-2H3. The molecular formula is C14H14Br2N2O2S. The third-order valence-electron chi connectivity index (χ3n) is 3.02. The number of hydrogen-bond donors (Lipinski definition) is 2. The number of nitrogens with one attached hydrogen (secondary N) is 1. The molecule has 2 aromatic carbocycles. The molecule has 3 N–H and O–H groups in total. The van der Waals surface area contributed by atoms with Gasteiger partial charge in [0.15, 0.2) is 0 Å². The van der Waals surface area contributed by atoms with Crippen molar-refractivity contribution in [3.05, 3.63) is 50.4 Å². The number of nitrogen functional groups attached to an aromatic ring is 1. The fraction of sp³-hybridized carbons (Fsp3) is 0.143. The van der Waals surface area contributed by atoms with Gasteiger partial charge in [0.1, 0.15) is 4.90 Å². The Labute approximate surface area is 141 Å². The molecule has 2 rings (SSSR count). The number of nitrogens with two attached hydrogens (primary N) is 1. The Morgan fingerprint density at radius 2 is 1.67 bits per heavy atom. The van der Waals surface area contributed by atoms with Crippen molar-refractivity contribution in [3.63, 3.8) is 0 Å². The van der Waals surface area contributed by atoms with Crippen molar-refractivity contribution in [2.45, 2.75) is 18.7 Å². The van der Waals surface area contributed by atoms with Crippen LogP contribution in [0.5, 0.6) is 0 Å². The van der Waals surface area contributed by atoms with E-state index in [0.29, 0.717) is 15.8 Å². The lowest BCUT2D eigenvalue weighted by Gasteiger charge is -2.12. The summed E-state index contributed by atoms with van der Waals surface area (Å²) in [6, 6.07) is 8.34. The zero-order valence-electron chi connectivity index (χ0n) is 11.4. The molecule has 0 bridgehead atoms. The third-order valence-corrected chi connectivity index (χ3v) is 6.22. The van der Waals surface area contributed by atoms with Crippen molar-refractivity contribution < 1.29 is 8.42 Å².